The quantitative estimate of drug-likeness (QED) is 0.776. The van der Waals surface area contributed by atoms with Crippen LogP contribution in [0.2, 0.25) is 0 Å². The van der Waals surface area contributed by atoms with Gasteiger partial charge in [0.25, 0.3) is 0 Å². The summed E-state index contributed by atoms with van der Waals surface area (Å²) in [7, 11) is -3.24. The highest BCUT2D eigenvalue weighted by Crippen LogP contribution is 2.63. The summed E-state index contributed by atoms with van der Waals surface area (Å²) < 4.78 is 32.9. The molecule has 1 aromatic carbocycles. The molecule has 0 unspecified atom stereocenters. The lowest BCUT2D eigenvalue weighted by Gasteiger charge is -2.44. The fourth-order valence-corrected chi connectivity index (χ4v) is 8.97. The van der Waals surface area contributed by atoms with Gasteiger partial charge in [0, 0.05) is 19.1 Å². The molecule has 1 aromatic rings. The lowest BCUT2D eigenvalue weighted by Crippen LogP contribution is -2.46. The Kier molecular flexibility index (Phi) is 4.06. The predicted molar refractivity (Wildman–Crippen MR) is 105 cm³/mol. The predicted octanol–water partition coefficient (Wildman–Crippen LogP) is 3.52. The van der Waals surface area contributed by atoms with Crippen LogP contribution >= 0.6 is 0 Å². The molecule has 2 bridgehead atoms. The second-order valence-corrected chi connectivity index (χ2v) is 12.1. The minimum atomic E-state index is -3.24. The monoisotopic (exact) mass is 389 g/mol. The first kappa shape index (κ1) is 18.1. The summed E-state index contributed by atoms with van der Waals surface area (Å²) in [6, 6.07) is 9.68. The van der Waals surface area contributed by atoms with Crippen molar-refractivity contribution in [3.8, 4) is 0 Å². The lowest BCUT2D eigenvalue weighted by molar-refractivity contribution is -0.0225. The van der Waals surface area contributed by atoms with Gasteiger partial charge in [-0.1, -0.05) is 18.2 Å². The van der Waals surface area contributed by atoms with Crippen molar-refractivity contribution in [1.29, 1.82) is 0 Å². The van der Waals surface area contributed by atoms with Crippen LogP contribution in [-0.2, 0) is 14.6 Å². The summed E-state index contributed by atoms with van der Waals surface area (Å²) in [5, 5.41) is -0.201. The van der Waals surface area contributed by atoms with E-state index in [1.807, 2.05) is 18.2 Å². The van der Waals surface area contributed by atoms with E-state index >= 15 is 0 Å². The average Bonchev–Trinajstić information content (AvgIpc) is 3.09. The Hall–Kier alpha value is -0.910. The van der Waals surface area contributed by atoms with Crippen LogP contribution in [0.3, 0.4) is 0 Å². The molecule has 0 radical (unpaired) electrons. The first-order chi connectivity index (χ1) is 12.8. The molecular weight excluding hydrogens is 358 g/mol. The molecule has 148 valence electrons. The van der Waals surface area contributed by atoms with E-state index < -0.39 is 9.84 Å². The van der Waals surface area contributed by atoms with Crippen molar-refractivity contribution in [2.24, 2.45) is 17.3 Å². The Morgan fingerprint density at radius 1 is 1.15 bits per heavy atom. The molecule has 2 aliphatic heterocycles. The Morgan fingerprint density at radius 2 is 1.93 bits per heavy atom. The van der Waals surface area contributed by atoms with Gasteiger partial charge in [-0.15, -0.1) is 0 Å². The van der Waals surface area contributed by atoms with Crippen molar-refractivity contribution in [3.63, 3.8) is 0 Å². The molecule has 2 saturated carbocycles. The standard InChI is InChI=1S/C22H31NO3S/c1-21(2)14-20-22-9-8-16(13-22)19(12-17(22)15-23(20)10-11-26-21)27(24,25)18-6-4-3-5-7-18/h3-7,16-17,19-20H,8-15H2,1-2H3/t16-,17-,19-,20-,22-/m1/s1. The third kappa shape index (κ3) is 2.72. The van der Waals surface area contributed by atoms with Gasteiger partial charge >= 0.3 is 0 Å². The fourth-order valence-electron chi connectivity index (χ4n) is 6.86. The van der Waals surface area contributed by atoms with E-state index in [1.165, 1.54) is 6.42 Å². The molecule has 5 atom stereocenters. The summed E-state index contributed by atoms with van der Waals surface area (Å²) >= 11 is 0. The Bertz CT molecular complexity index is 821. The molecule has 4 nitrogen and oxygen atoms in total. The van der Waals surface area contributed by atoms with Gasteiger partial charge in [0.05, 0.1) is 22.4 Å². The van der Waals surface area contributed by atoms with E-state index in [0.717, 1.165) is 45.4 Å². The second kappa shape index (κ2) is 6.04. The second-order valence-electron chi connectivity index (χ2n) is 9.89. The van der Waals surface area contributed by atoms with E-state index in [0.29, 0.717) is 28.2 Å². The number of hydrogen-bond acceptors (Lipinski definition) is 4. The Labute approximate surface area is 163 Å². The SMILES string of the molecule is CC1(C)C[C@H]2N(CCO1)C[C@H]1C[C@@H](S(=O)(=O)c3ccccc3)[C@@H]3CC[C@@]12C3. The summed E-state index contributed by atoms with van der Waals surface area (Å²) in [6.45, 7) is 7.28. The smallest absolute Gasteiger partial charge is 0.181 e. The van der Waals surface area contributed by atoms with E-state index in [4.69, 9.17) is 4.74 Å². The number of hydrogen-bond donors (Lipinski definition) is 0. The number of rotatable bonds is 2. The van der Waals surface area contributed by atoms with Gasteiger partial charge in [-0.3, -0.25) is 4.90 Å². The lowest BCUT2D eigenvalue weighted by atomic mass is 9.64. The van der Waals surface area contributed by atoms with Crippen molar-refractivity contribution in [2.75, 3.05) is 19.7 Å². The molecule has 5 rings (SSSR count). The normalized spacial score (nSPS) is 41.0. The number of ether oxygens (including phenoxy) is 1. The maximum atomic E-state index is 13.4. The van der Waals surface area contributed by atoms with Gasteiger partial charge in [0.15, 0.2) is 9.84 Å². The molecule has 5 heteroatoms. The van der Waals surface area contributed by atoms with E-state index in [-0.39, 0.29) is 10.9 Å². The van der Waals surface area contributed by atoms with Gasteiger partial charge in [0.2, 0.25) is 0 Å². The zero-order valence-electron chi connectivity index (χ0n) is 16.4. The molecule has 2 aliphatic carbocycles. The molecule has 2 saturated heterocycles. The van der Waals surface area contributed by atoms with Gasteiger partial charge in [-0.05, 0) is 75.3 Å². The molecule has 4 fully saturated rings. The molecule has 0 amide bonds. The first-order valence-corrected chi connectivity index (χ1v) is 12.0. The fraction of sp³-hybridized carbons (Fsp3) is 0.727. The third-order valence-corrected chi connectivity index (χ3v) is 10.4. The van der Waals surface area contributed by atoms with Gasteiger partial charge in [-0.2, -0.15) is 0 Å². The van der Waals surface area contributed by atoms with Crippen molar-refractivity contribution in [2.45, 2.75) is 67.7 Å². The van der Waals surface area contributed by atoms with Crippen LogP contribution in [0, 0.1) is 17.3 Å². The van der Waals surface area contributed by atoms with Gasteiger partial charge in [0.1, 0.15) is 0 Å². The van der Waals surface area contributed by atoms with Crippen LogP contribution in [0.25, 0.3) is 0 Å². The summed E-state index contributed by atoms with van der Waals surface area (Å²) in [5.41, 5.74) is 0.243. The number of benzene rings is 1. The molecule has 4 aliphatic rings. The number of sulfone groups is 1. The highest BCUT2D eigenvalue weighted by molar-refractivity contribution is 7.92. The minimum absolute atomic E-state index is 0.0753. The summed E-state index contributed by atoms with van der Waals surface area (Å²) in [4.78, 5) is 3.15. The highest BCUT2D eigenvalue weighted by Gasteiger charge is 2.63. The van der Waals surface area contributed by atoms with Crippen molar-refractivity contribution in [1.82, 2.24) is 4.90 Å². The van der Waals surface area contributed by atoms with Crippen LogP contribution in [0.15, 0.2) is 35.2 Å². The highest BCUT2D eigenvalue weighted by atomic mass is 32.2. The van der Waals surface area contributed by atoms with Gasteiger partial charge < -0.3 is 4.74 Å². The van der Waals surface area contributed by atoms with Crippen LogP contribution in [0.4, 0.5) is 0 Å². The maximum Gasteiger partial charge on any atom is 0.181 e. The van der Waals surface area contributed by atoms with Crippen molar-refractivity contribution in [3.05, 3.63) is 30.3 Å². The van der Waals surface area contributed by atoms with E-state index in [1.54, 1.807) is 12.1 Å². The Balaban J connectivity index is 1.47. The van der Waals surface area contributed by atoms with Gasteiger partial charge in [-0.25, -0.2) is 8.42 Å². The molecule has 0 N–H and O–H groups in total. The summed E-state index contributed by atoms with van der Waals surface area (Å²) in [5.74, 6) is 0.831. The van der Waals surface area contributed by atoms with Crippen LogP contribution in [-0.4, -0.2) is 49.9 Å². The van der Waals surface area contributed by atoms with Crippen LogP contribution < -0.4 is 0 Å². The Morgan fingerprint density at radius 3 is 2.70 bits per heavy atom. The van der Waals surface area contributed by atoms with Crippen LogP contribution in [0.1, 0.15) is 46.0 Å². The average molecular weight is 390 g/mol. The van der Waals surface area contributed by atoms with E-state index in [2.05, 4.69) is 18.7 Å². The largest absolute Gasteiger partial charge is 0.374 e. The topological polar surface area (TPSA) is 46.6 Å². The zero-order chi connectivity index (χ0) is 18.9. The molecule has 2 heterocycles. The van der Waals surface area contributed by atoms with E-state index in [9.17, 15) is 8.42 Å². The van der Waals surface area contributed by atoms with Crippen LogP contribution in [0.5, 0.6) is 0 Å². The summed E-state index contributed by atoms with van der Waals surface area (Å²) in [6.07, 6.45) is 5.27. The van der Waals surface area contributed by atoms with Crippen molar-refractivity contribution < 1.29 is 13.2 Å². The maximum absolute atomic E-state index is 13.4. The number of fused-ring (bicyclic) bond motifs is 2. The molecule has 0 aromatic heterocycles. The zero-order valence-corrected chi connectivity index (χ0v) is 17.2. The number of nitrogens with zero attached hydrogens (tertiary/aromatic N) is 1. The molecular formula is C22H31NO3S. The third-order valence-electron chi connectivity index (χ3n) is 8.06. The first-order valence-electron chi connectivity index (χ1n) is 10.5. The minimum Gasteiger partial charge on any atom is -0.374 e. The van der Waals surface area contributed by atoms with Crippen molar-refractivity contribution >= 4 is 9.84 Å². The molecule has 1 spiro atoms. The molecule has 27 heavy (non-hydrogen) atoms.